The molecule has 0 spiro atoms. The molecule has 1 aliphatic rings. The summed E-state index contributed by atoms with van der Waals surface area (Å²) in [6, 6.07) is 4.41. The molecule has 0 aromatic carbocycles. The number of hydrogen-bond acceptors (Lipinski definition) is 6. The minimum Gasteiger partial charge on any atom is -0.477 e. The van der Waals surface area contributed by atoms with Gasteiger partial charge in [-0.15, -0.1) is 5.10 Å². The Labute approximate surface area is 203 Å². The SMILES string of the molecule is CC.[B]C(O)(CCOc1ccn(-c2ccc(C(=O)OC(C)(C)C)c(Cl)n2)n1)C1(C(F)(F)F)CC1. The van der Waals surface area contributed by atoms with E-state index in [0.717, 1.165) is 0 Å². The van der Waals surface area contributed by atoms with E-state index in [9.17, 15) is 23.1 Å². The third-order valence-electron chi connectivity index (χ3n) is 5.11. The quantitative estimate of drug-likeness (QED) is 0.331. The fraction of sp³-hybridized carbons (Fsp3) is 0.591. The molecule has 0 saturated heterocycles. The lowest BCUT2D eigenvalue weighted by Crippen LogP contribution is -2.49. The first kappa shape index (κ1) is 28.0. The summed E-state index contributed by atoms with van der Waals surface area (Å²) in [4.78, 5) is 16.3. The third-order valence-corrected chi connectivity index (χ3v) is 5.39. The van der Waals surface area contributed by atoms with Gasteiger partial charge in [0, 0.05) is 24.2 Å². The Morgan fingerprint density at radius 2 is 1.85 bits per heavy atom. The zero-order valence-electron chi connectivity index (χ0n) is 19.7. The smallest absolute Gasteiger partial charge is 0.396 e. The number of nitrogens with zero attached hydrogens (tertiary/aromatic N) is 3. The summed E-state index contributed by atoms with van der Waals surface area (Å²) in [6.45, 7) is 8.91. The van der Waals surface area contributed by atoms with Gasteiger partial charge < -0.3 is 14.6 Å². The minimum absolute atomic E-state index is 0.0789. The van der Waals surface area contributed by atoms with Gasteiger partial charge >= 0.3 is 12.1 Å². The molecule has 186 valence electrons. The van der Waals surface area contributed by atoms with E-state index >= 15 is 0 Å². The fourth-order valence-electron chi connectivity index (χ4n) is 3.19. The molecule has 0 bridgehead atoms. The van der Waals surface area contributed by atoms with Gasteiger partial charge in [-0.05, 0) is 45.7 Å². The minimum atomic E-state index is -4.59. The highest BCUT2D eigenvalue weighted by Crippen LogP contribution is 2.63. The molecule has 1 unspecified atom stereocenters. The summed E-state index contributed by atoms with van der Waals surface area (Å²) < 4.78 is 51.5. The molecule has 1 saturated carbocycles. The predicted octanol–water partition coefficient (Wildman–Crippen LogP) is 4.87. The van der Waals surface area contributed by atoms with Crippen molar-refractivity contribution in [3.63, 3.8) is 0 Å². The Morgan fingerprint density at radius 1 is 1.24 bits per heavy atom. The first-order valence-corrected chi connectivity index (χ1v) is 11.2. The van der Waals surface area contributed by atoms with Gasteiger partial charge in [0.25, 0.3) is 0 Å². The average molecular weight is 502 g/mol. The highest BCUT2D eigenvalue weighted by Gasteiger charge is 2.71. The van der Waals surface area contributed by atoms with E-state index in [1.165, 1.54) is 29.1 Å². The summed E-state index contributed by atoms with van der Waals surface area (Å²) in [7, 11) is 5.56. The van der Waals surface area contributed by atoms with E-state index < -0.39 is 35.1 Å². The number of ether oxygens (including phenoxy) is 2. The summed E-state index contributed by atoms with van der Waals surface area (Å²) in [5.74, 6) is -0.249. The number of aromatic nitrogens is 3. The molecule has 3 rings (SSSR count). The number of aliphatic hydroxyl groups is 1. The fourth-order valence-corrected chi connectivity index (χ4v) is 3.41. The summed E-state index contributed by atoms with van der Waals surface area (Å²) in [5.41, 5.74) is -5.32. The lowest BCUT2D eigenvalue weighted by molar-refractivity contribution is -0.225. The highest BCUT2D eigenvalue weighted by molar-refractivity contribution is 6.32. The number of esters is 1. The van der Waals surface area contributed by atoms with Crippen molar-refractivity contribution in [2.45, 2.75) is 71.2 Å². The van der Waals surface area contributed by atoms with Crippen LogP contribution in [0.5, 0.6) is 5.88 Å². The van der Waals surface area contributed by atoms with E-state index in [2.05, 4.69) is 10.1 Å². The van der Waals surface area contributed by atoms with Crippen molar-refractivity contribution in [3.05, 3.63) is 35.1 Å². The molecule has 2 heterocycles. The second kappa shape index (κ2) is 10.2. The maximum atomic E-state index is 13.2. The lowest BCUT2D eigenvalue weighted by atomic mass is 9.66. The third kappa shape index (κ3) is 6.24. The summed E-state index contributed by atoms with van der Waals surface area (Å²) >= 11 is 6.11. The lowest BCUT2D eigenvalue weighted by Gasteiger charge is -2.35. The Morgan fingerprint density at radius 3 is 2.35 bits per heavy atom. The van der Waals surface area contributed by atoms with E-state index in [1.807, 2.05) is 13.8 Å². The van der Waals surface area contributed by atoms with Crippen LogP contribution in [-0.2, 0) is 4.74 Å². The normalized spacial score (nSPS) is 16.6. The first-order valence-electron chi connectivity index (χ1n) is 10.8. The number of alkyl halides is 3. The van der Waals surface area contributed by atoms with Crippen LogP contribution in [0, 0.1) is 5.41 Å². The van der Waals surface area contributed by atoms with Crippen LogP contribution in [0.4, 0.5) is 13.2 Å². The molecule has 1 atom stereocenters. The molecular weight excluding hydrogens is 474 g/mol. The molecule has 1 N–H and O–H groups in total. The van der Waals surface area contributed by atoms with E-state index in [-0.39, 0.29) is 41.9 Å². The molecule has 2 aromatic heterocycles. The molecule has 0 amide bonds. The van der Waals surface area contributed by atoms with Gasteiger partial charge in [0.05, 0.1) is 17.6 Å². The van der Waals surface area contributed by atoms with Gasteiger partial charge in [0.15, 0.2) is 5.82 Å². The zero-order valence-corrected chi connectivity index (χ0v) is 20.5. The average Bonchev–Trinajstić information content (AvgIpc) is 3.43. The summed E-state index contributed by atoms with van der Waals surface area (Å²) in [5, 5.41) is 14.2. The number of hydrogen-bond donors (Lipinski definition) is 1. The number of carbonyl (C=O) groups is 1. The Balaban J connectivity index is 0.00000199. The molecule has 34 heavy (non-hydrogen) atoms. The van der Waals surface area contributed by atoms with Crippen molar-refractivity contribution < 1.29 is 32.5 Å². The van der Waals surface area contributed by atoms with Crippen molar-refractivity contribution >= 4 is 25.4 Å². The van der Waals surface area contributed by atoms with Crippen molar-refractivity contribution in [1.29, 1.82) is 0 Å². The van der Waals surface area contributed by atoms with Crippen LogP contribution < -0.4 is 4.74 Å². The zero-order chi connectivity index (χ0) is 25.9. The van der Waals surface area contributed by atoms with Crippen LogP contribution in [0.2, 0.25) is 5.15 Å². The standard InChI is InChI=1S/C20H22BClF3N3O4.C2H6/c1-17(2,3)32-16(29)12-4-5-13(26-15(12)22)28-10-6-14(27-28)31-11-9-19(21,30)18(7-8-18)20(23,24)25;1-2/h4-6,10,30H,7-9,11H2,1-3H3;1-2H3. The first-order chi connectivity index (χ1) is 15.7. The molecule has 2 radical (unpaired) electrons. The van der Waals surface area contributed by atoms with Crippen molar-refractivity contribution in [2.75, 3.05) is 6.61 Å². The van der Waals surface area contributed by atoms with Gasteiger partial charge in [-0.2, -0.15) is 13.2 Å². The maximum Gasteiger partial charge on any atom is 0.396 e. The molecule has 2 aromatic rings. The van der Waals surface area contributed by atoms with Crippen LogP contribution in [0.25, 0.3) is 5.82 Å². The second-order valence-corrected chi connectivity index (χ2v) is 9.07. The number of pyridine rings is 1. The second-order valence-electron chi connectivity index (χ2n) is 8.71. The van der Waals surface area contributed by atoms with Crippen molar-refractivity contribution in [1.82, 2.24) is 14.8 Å². The summed E-state index contributed by atoms with van der Waals surface area (Å²) in [6.07, 6.45) is -3.95. The van der Waals surface area contributed by atoms with Gasteiger partial charge in [0.1, 0.15) is 18.6 Å². The highest BCUT2D eigenvalue weighted by atomic mass is 35.5. The molecule has 1 aliphatic carbocycles. The van der Waals surface area contributed by atoms with Crippen molar-refractivity contribution in [2.24, 2.45) is 5.41 Å². The van der Waals surface area contributed by atoms with Gasteiger partial charge in [-0.1, -0.05) is 25.4 Å². The van der Waals surface area contributed by atoms with E-state index in [0.29, 0.717) is 0 Å². The van der Waals surface area contributed by atoms with Gasteiger partial charge in [-0.3, -0.25) is 0 Å². The van der Waals surface area contributed by atoms with E-state index in [1.54, 1.807) is 20.8 Å². The van der Waals surface area contributed by atoms with E-state index in [4.69, 9.17) is 28.9 Å². The number of halogens is 4. The molecule has 12 heteroatoms. The Hall–Kier alpha value is -2.27. The largest absolute Gasteiger partial charge is 0.477 e. The van der Waals surface area contributed by atoms with Crippen LogP contribution in [-0.4, -0.2) is 57.6 Å². The predicted molar refractivity (Wildman–Crippen MR) is 121 cm³/mol. The Kier molecular flexibility index (Phi) is 8.35. The molecular formula is C22H28BClF3N3O4. The van der Waals surface area contributed by atoms with Gasteiger partial charge in [-0.25, -0.2) is 14.5 Å². The van der Waals surface area contributed by atoms with Crippen molar-refractivity contribution in [3.8, 4) is 11.7 Å². The van der Waals surface area contributed by atoms with Crippen LogP contribution >= 0.6 is 11.6 Å². The van der Waals surface area contributed by atoms with Crippen LogP contribution in [0.1, 0.15) is 64.2 Å². The number of rotatable bonds is 7. The van der Waals surface area contributed by atoms with Gasteiger partial charge in [0.2, 0.25) is 5.88 Å². The molecule has 1 fully saturated rings. The van der Waals surface area contributed by atoms with Crippen LogP contribution in [0.3, 0.4) is 0 Å². The monoisotopic (exact) mass is 501 g/mol. The topological polar surface area (TPSA) is 86.5 Å². The molecule has 0 aliphatic heterocycles. The number of carbonyl (C=O) groups excluding carboxylic acids is 1. The molecule has 7 nitrogen and oxygen atoms in total. The maximum absolute atomic E-state index is 13.2. The van der Waals surface area contributed by atoms with Crippen LogP contribution in [0.15, 0.2) is 24.4 Å². The Bertz CT molecular complexity index is 1000.